The molecule has 1 aromatic carbocycles. The summed E-state index contributed by atoms with van der Waals surface area (Å²) in [6.07, 6.45) is -0.660. The van der Waals surface area contributed by atoms with Crippen LogP contribution in [0.15, 0.2) is 24.3 Å². The van der Waals surface area contributed by atoms with E-state index < -0.39 is 6.10 Å². The van der Waals surface area contributed by atoms with Crippen LogP contribution < -0.4 is 5.73 Å². The lowest BCUT2D eigenvalue weighted by Crippen LogP contribution is -2.11. The van der Waals surface area contributed by atoms with Gasteiger partial charge in [0.1, 0.15) is 0 Å². The van der Waals surface area contributed by atoms with Crippen LogP contribution in [0.3, 0.4) is 0 Å². The number of rotatable bonds is 2. The van der Waals surface area contributed by atoms with Gasteiger partial charge in [0, 0.05) is 6.54 Å². The van der Waals surface area contributed by atoms with Gasteiger partial charge in [-0.1, -0.05) is 24.3 Å². The van der Waals surface area contributed by atoms with Crippen LogP contribution in [0.1, 0.15) is 11.7 Å². The molecule has 0 aliphatic rings. The van der Waals surface area contributed by atoms with Crippen LogP contribution in [0.2, 0.25) is 0 Å². The van der Waals surface area contributed by atoms with Gasteiger partial charge >= 0.3 is 0 Å². The van der Waals surface area contributed by atoms with Gasteiger partial charge in [-0.2, -0.15) is 0 Å². The maximum Gasteiger partial charge on any atom is 0.187 e. The van der Waals surface area contributed by atoms with Crippen molar-refractivity contribution in [1.29, 1.82) is 0 Å². The number of aliphatic hydroxyl groups excluding tert-OH is 1. The third-order valence-electron chi connectivity index (χ3n) is 1.61. The van der Waals surface area contributed by atoms with Crippen molar-refractivity contribution >= 4 is 5.69 Å². The van der Waals surface area contributed by atoms with Crippen LogP contribution in [0.4, 0.5) is 5.69 Å². The summed E-state index contributed by atoms with van der Waals surface area (Å²) in [5.74, 6) is 0. The lowest BCUT2D eigenvalue weighted by atomic mass is 10.1. The number of hydrogen-bond acceptors (Lipinski definition) is 2. The Morgan fingerprint density at radius 2 is 2.33 bits per heavy atom. The highest BCUT2D eigenvalue weighted by Gasteiger charge is 2.04. The number of nitrogens with zero attached hydrogens (tertiary/aromatic N) is 1. The van der Waals surface area contributed by atoms with Crippen LogP contribution in [0, 0.1) is 6.57 Å². The van der Waals surface area contributed by atoms with Gasteiger partial charge < -0.3 is 10.8 Å². The zero-order valence-electron chi connectivity index (χ0n) is 6.57. The van der Waals surface area contributed by atoms with Crippen molar-refractivity contribution < 1.29 is 5.11 Å². The zero-order chi connectivity index (χ0) is 8.97. The van der Waals surface area contributed by atoms with Crippen LogP contribution >= 0.6 is 0 Å². The van der Waals surface area contributed by atoms with Gasteiger partial charge in [-0.25, -0.2) is 4.85 Å². The fourth-order valence-corrected chi connectivity index (χ4v) is 0.938. The third kappa shape index (κ3) is 1.82. The number of nitrogens with two attached hydrogens (primary N) is 1. The Morgan fingerprint density at radius 1 is 1.58 bits per heavy atom. The molecule has 0 aromatic heterocycles. The first-order chi connectivity index (χ1) is 5.77. The van der Waals surface area contributed by atoms with Crippen LogP contribution in [-0.2, 0) is 0 Å². The van der Waals surface area contributed by atoms with Gasteiger partial charge in [-0.15, -0.1) is 0 Å². The Kier molecular flexibility index (Phi) is 2.81. The van der Waals surface area contributed by atoms with Gasteiger partial charge in [-0.3, -0.25) is 0 Å². The van der Waals surface area contributed by atoms with Gasteiger partial charge in [0.25, 0.3) is 0 Å². The first-order valence-electron chi connectivity index (χ1n) is 3.63. The molecule has 1 rings (SSSR count). The molecular weight excluding hydrogens is 152 g/mol. The zero-order valence-corrected chi connectivity index (χ0v) is 6.57. The molecule has 1 aromatic rings. The highest BCUT2D eigenvalue weighted by molar-refractivity contribution is 5.47. The molecular formula is C9H10N2O. The number of aliphatic hydroxyl groups is 1. The number of benzene rings is 1. The summed E-state index contributed by atoms with van der Waals surface area (Å²) in [4.78, 5) is 3.25. The molecule has 3 nitrogen and oxygen atoms in total. The molecule has 0 radical (unpaired) electrons. The molecule has 1 atom stereocenters. The smallest absolute Gasteiger partial charge is 0.187 e. The average molecular weight is 162 g/mol. The summed E-state index contributed by atoms with van der Waals surface area (Å²) in [6, 6.07) is 6.83. The SMILES string of the molecule is [C-]#[N+]c1cccc([C@H](O)CN)c1. The van der Waals surface area contributed by atoms with Crippen LogP contribution in [0.5, 0.6) is 0 Å². The van der Waals surface area contributed by atoms with E-state index in [1.165, 1.54) is 0 Å². The van der Waals surface area contributed by atoms with Crippen molar-refractivity contribution in [1.82, 2.24) is 0 Å². The fourth-order valence-electron chi connectivity index (χ4n) is 0.938. The topological polar surface area (TPSA) is 50.6 Å². The van der Waals surface area contributed by atoms with Crippen molar-refractivity contribution in [3.63, 3.8) is 0 Å². The molecule has 0 bridgehead atoms. The molecule has 0 unspecified atom stereocenters. The Hall–Kier alpha value is -1.37. The Bertz CT molecular complexity index is 304. The molecule has 0 saturated heterocycles. The van der Waals surface area contributed by atoms with E-state index in [4.69, 9.17) is 12.3 Å². The van der Waals surface area contributed by atoms with E-state index in [0.717, 1.165) is 0 Å². The minimum Gasteiger partial charge on any atom is -0.387 e. The Balaban J connectivity index is 2.95. The average Bonchev–Trinajstić information content (AvgIpc) is 2.17. The molecule has 12 heavy (non-hydrogen) atoms. The number of hydrogen-bond donors (Lipinski definition) is 2. The predicted molar refractivity (Wildman–Crippen MR) is 46.7 cm³/mol. The summed E-state index contributed by atoms with van der Waals surface area (Å²) < 4.78 is 0. The van der Waals surface area contributed by atoms with E-state index in [0.29, 0.717) is 11.3 Å². The standard InChI is InChI=1S/C9H10N2O/c1-11-8-4-2-3-7(5-8)9(12)6-10/h2-5,9,12H,6,10H2/t9-/m1/s1. The van der Waals surface area contributed by atoms with Crippen molar-refractivity contribution in [2.75, 3.05) is 6.54 Å². The van der Waals surface area contributed by atoms with Crippen molar-refractivity contribution in [2.45, 2.75) is 6.10 Å². The van der Waals surface area contributed by atoms with E-state index in [1.807, 2.05) is 0 Å². The summed E-state index contributed by atoms with van der Waals surface area (Å²) in [7, 11) is 0. The van der Waals surface area contributed by atoms with E-state index >= 15 is 0 Å². The first kappa shape index (κ1) is 8.72. The molecule has 0 aliphatic heterocycles. The molecule has 3 heteroatoms. The summed E-state index contributed by atoms with van der Waals surface area (Å²) in [5, 5.41) is 9.32. The first-order valence-corrected chi connectivity index (χ1v) is 3.63. The summed E-state index contributed by atoms with van der Waals surface area (Å²) in [5.41, 5.74) is 6.50. The lowest BCUT2D eigenvalue weighted by Gasteiger charge is -2.07. The summed E-state index contributed by atoms with van der Waals surface area (Å²) in [6.45, 7) is 6.93. The van der Waals surface area contributed by atoms with Crippen molar-refractivity contribution in [3.8, 4) is 0 Å². The van der Waals surface area contributed by atoms with Crippen molar-refractivity contribution in [3.05, 3.63) is 41.2 Å². The lowest BCUT2D eigenvalue weighted by molar-refractivity contribution is 0.187. The second-order valence-corrected chi connectivity index (χ2v) is 2.46. The van der Waals surface area contributed by atoms with Crippen LogP contribution in [-0.4, -0.2) is 11.7 Å². The normalized spacial score (nSPS) is 12.1. The highest BCUT2D eigenvalue weighted by atomic mass is 16.3. The van der Waals surface area contributed by atoms with Crippen LogP contribution in [0.25, 0.3) is 4.85 Å². The molecule has 0 saturated carbocycles. The van der Waals surface area contributed by atoms with Crippen molar-refractivity contribution in [2.24, 2.45) is 5.73 Å². The summed E-state index contributed by atoms with van der Waals surface area (Å²) >= 11 is 0. The minimum absolute atomic E-state index is 0.182. The Morgan fingerprint density at radius 3 is 2.92 bits per heavy atom. The van der Waals surface area contributed by atoms with E-state index in [2.05, 4.69) is 4.85 Å². The van der Waals surface area contributed by atoms with E-state index in [-0.39, 0.29) is 6.54 Å². The van der Waals surface area contributed by atoms with Gasteiger partial charge in [-0.05, 0) is 5.56 Å². The highest BCUT2D eigenvalue weighted by Crippen LogP contribution is 2.18. The quantitative estimate of drug-likeness (QED) is 0.642. The maximum absolute atomic E-state index is 9.32. The van der Waals surface area contributed by atoms with Gasteiger partial charge in [0.2, 0.25) is 0 Å². The van der Waals surface area contributed by atoms with Gasteiger partial charge in [0.15, 0.2) is 5.69 Å². The van der Waals surface area contributed by atoms with E-state index in [1.54, 1.807) is 24.3 Å². The maximum atomic E-state index is 9.32. The Labute approximate surface area is 71.3 Å². The largest absolute Gasteiger partial charge is 0.387 e. The third-order valence-corrected chi connectivity index (χ3v) is 1.61. The molecule has 62 valence electrons. The second kappa shape index (κ2) is 3.86. The predicted octanol–water partition coefficient (Wildman–Crippen LogP) is 1.23. The second-order valence-electron chi connectivity index (χ2n) is 2.46. The molecule has 0 aliphatic carbocycles. The van der Waals surface area contributed by atoms with E-state index in [9.17, 15) is 5.11 Å². The molecule has 0 spiro atoms. The van der Waals surface area contributed by atoms with Gasteiger partial charge in [0.05, 0.1) is 12.7 Å². The molecule has 0 amide bonds. The molecule has 3 N–H and O–H groups in total. The molecule has 0 heterocycles. The monoisotopic (exact) mass is 162 g/mol. The minimum atomic E-state index is -0.660. The fraction of sp³-hybridized carbons (Fsp3) is 0.222. The molecule has 0 fully saturated rings.